The molecule has 3 nitrogen and oxygen atoms in total. The smallest absolute Gasteiger partial charge is 0.129 e. The fourth-order valence-corrected chi connectivity index (χ4v) is 3.58. The number of anilines is 1. The average Bonchev–Trinajstić information content (AvgIpc) is 2.41. The minimum Gasteiger partial charge on any atom is -0.351 e. The summed E-state index contributed by atoms with van der Waals surface area (Å²) in [4.78, 5) is 9.91. The van der Waals surface area contributed by atoms with E-state index in [4.69, 9.17) is 4.98 Å². The Morgan fingerprint density at radius 1 is 1.26 bits per heavy atom. The molecule has 3 rings (SSSR count). The van der Waals surface area contributed by atoms with E-state index in [1.165, 1.54) is 32.4 Å². The molecule has 0 saturated carbocycles. The molecule has 0 aromatic carbocycles. The second-order valence-electron chi connectivity index (χ2n) is 5.88. The highest BCUT2D eigenvalue weighted by atomic mass is 79.9. The molecule has 2 unspecified atom stereocenters. The first-order chi connectivity index (χ1) is 9.15. The number of aryl methyl sites for hydroxylation is 1. The number of piperidine rings is 1. The number of hydrogen-bond acceptors (Lipinski definition) is 3. The number of fused-ring (bicyclic) bond motifs is 1. The van der Waals surface area contributed by atoms with E-state index in [-0.39, 0.29) is 0 Å². The summed E-state index contributed by atoms with van der Waals surface area (Å²) in [6, 6.07) is 5.56. The highest BCUT2D eigenvalue weighted by Gasteiger charge is 2.33. The molecular formula is C15H22BrN3. The maximum Gasteiger partial charge on any atom is 0.129 e. The van der Waals surface area contributed by atoms with Crippen LogP contribution in [0, 0.1) is 6.92 Å². The van der Waals surface area contributed by atoms with Gasteiger partial charge in [0.15, 0.2) is 0 Å². The molecule has 0 amide bonds. The van der Waals surface area contributed by atoms with Gasteiger partial charge in [0.1, 0.15) is 5.82 Å². The molecule has 0 spiro atoms. The van der Waals surface area contributed by atoms with Crippen LogP contribution in [-0.2, 0) is 0 Å². The van der Waals surface area contributed by atoms with Crippen molar-refractivity contribution in [3.05, 3.63) is 22.3 Å². The Bertz CT molecular complexity index is 463. The molecule has 0 radical (unpaired) electrons. The molecule has 2 aliphatic heterocycles. The number of hydrogen-bond donors (Lipinski definition) is 0. The third-order valence-electron chi connectivity index (χ3n) is 4.49. The van der Waals surface area contributed by atoms with E-state index in [0.717, 1.165) is 28.6 Å². The maximum absolute atomic E-state index is 4.74. The van der Waals surface area contributed by atoms with Crippen LogP contribution in [0.4, 0.5) is 5.82 Å². The highest BCUT2D eigenvalue weighted by molar-refractivity contribution is 9.10. The minimum absolute atomic E-state index is 0.558. The Morgan fingerprint density at radius 3 is 2.89 bits per heavy atom. The lowest BCUT2D eigenvalue weighted by atomic mass is 9.97. The Kier molecular flexibility index (Phi) is 3.81. The fraction of sp³-hybridized carbons (Fsp3) is 0.667. The molecule has 2 saturated heterocycles. The maximum atomic E-state index is 4.74. The number of aromatic nitrogens is 1. The standard InChI is InChI=1S/C15H22BrN3/c1-11-9-18-8-4-3-5-13(18)10-19(11)15-7-6-14(16)12(2)17-15/h6-7,11,13H,3-5,8-10H2,1-2H3. The van der Waals surface area contributed by atoms with Gasteiger partial charge in [-0.3, -0.25) is 4.90 Å². The summed E-state index contributed by atoms with van der Waals surface area (Å²) in [5.41, 5.74) is 1.08. The summed E-state index contributed by atoms with van der Waals surface area (Å²) < 4.78 is 1.10. The van der Waals surface area contributed by atoms with E-state index in [9.17, 15) is 0 Å². The predicted octanol–water partition coefficient (Wildman–Crippen LogP) is 3.22. The van der Waals surface area contributed by atoms with E-state index >= 15 is 0 Å². The van der Waals surface area contributed by atoms with Gasteiger partial charge in [-0.05, 0) is 61.3 Å². The van der Waals surface area contributed by atoms with Gasteiger partial charge < -0.3 is 4.90 Å². The number of pyridine rings is 1. The summed E-state index contributed by atoms with van der Waals surface area (Å²) in [7, 11) is 0. The van der Waals surface area contributed by atoms with Crippen molar-refractivity contribution in [1.29, 1.82) is 0 Å². The zero-order chi connectivity index (χ0) is 13.4. The Labute approximate surface area is 124 Å². The van der Waals surface area contributed by atoms with Gasteiger partial charge in [0.25, 0.3) is 0 Å². The fourth-order valence-electron chi connectivity index (χ4n) is 3.36. The van der Waals surface area contributed by atoms with Crippen molar-refractivity contribution in [3.63, 3.8) is 0 Å². The third kappa shape index (κ3) is 2.65. The lowest BCUT2D eigenvalue weighted by Crippen LogP contribution is -2.59. The SMILES string of the molecule is Cc1nc(N2CC3CCCCN3CC2C)ccc1Br. The molecule has 2 aliphatic rings. The van der Waals surface area contributed by atoms with Crippen molar-refractivity contribution >= 4 is 21.7 Å². The molecular weight excluding hydrogens is 302 g/mol. The summed E-state index contributed by atoms with van der Waals surface area (Å²) >= 11 is 3.53. The van der Waals surface area contributed by atoms with Crippen LogP contribution < -0.4 is 4.90 Å². The number of rotatable bonds is 1. The first-order valence-corrected chi connectivity index (χ1v) is 8.08. The van der Waals surface area contributed by atoms with Crippen LogP contribution in [0.5, 0.6) is 0 Å². The number of piperazine rings is 1. The van der Waals surface area contributed by atoms with E-state index < -0.39 is 0 Å². The van der Waals surface area contributed by atoms with Crippen LogP contribution in [0.3, 0.4) is 0 Å². The van der Waals surface area contributed by atoms with Crippen LogP contribution in [-0.4, -0.2) is 41.6 Å². The van der Waals surface area contributed by atoms with Crippen LogP contribution >= 0.6 is 15.9 Å². The zero-order valence-corrected chi connectivity index (χ0v) is 13.4. The van der Waals surface area contributed by atoms with Gasteiger partial charge >= 0.3 is 0 Å². The summed E-state index contributed by atoms with van der Waals surface area (Å²) in [6.45, 7) is 7.99. The van der Waals surface area contributed by atoms with Gasteiger partial charge in [-0.25, -0.2) is 4.98 Å². The zero-order valence-electron chi connectivity index (χ0n) is 11.8. The van der Waals surface area contributed by atoms with E-state index in [0.29, 0.717) is 6.04 Å². The quantitative estimate of drug-likeness (QED) is 0.791. The van der Waals surface area contributed by atoms with E-state index in [1.54, 1.807) is 0 Å². The first kappa shape index (κ1) is 13.4. The molecule has 1 aromatic rings. The Morgan fingerprint density at radius 2 is 2.11 bits per heavy atom. The van der Waals surface area contributed by atoms with Crippen molar-refractivity contribution in [2.75, 3.05) is 24.5 Å². The molecule has 0 N–H and O–H groups in total. The molecule has 2 atom stereocenters. The van der Waals surface area contributed by atoms with Gasteiger partial charge in [-0.15, -0.1) is 0 Å². The van der Waals surface area contributed by atoms with Crippen molar-refractivity contribution in [1.82, 2.24) is 9.88 Å². The highest BCUT2D eigenvalue weighted by Crippen LogP contribution is 2.28. The second-order valence-corrected chi connectivity index (χ2v) is 6.74. The topological polar surface area (TPSA) is 19.4 Å². The molecule has 0 bridgehead atoms. The van der Waals surface area contributed by atoms with Gasteiger partial charge in [-0.2, -0.15) is 0 Å². The second kappa shape index (κ2) is 5.41. The average molecular weight is 324 g/mol. The van der Waals surface area contributed by atoms with Crippen molar-refractivity contribution < 1.29 is 0 Å². The van der Waals surface area contributed by atoms with Crippen LogP contribution in [0.25, 0.3) is 0 Å². The molecule has 104 valence electrons. The Balaban J connectivity index is 1.81. The summed E-state index contributed by atoms with van der Waals surface area (Å²) in [5, 5.41) is 0. The van der Waals surface area contributed by atoms with Crippen LogP contribution in [0.2, 0.25) is 0 Å². The minimum atomic E-state index is 0.558. The number of halogens is 1. The summed E-state index contributed by atoms with van der Waals surface area (Å²) in [6.07, 6.45) is 4.10. The van der Waals surface area contributed by atoms with Gasteiger partial charge in [-0.1, -0.05) is 6.42 Å². The number of nitrogens with zero attached hydrogens (tertiary/aromatic N) is 3. The van der Waals surface area contributed by atoms with Gasteiger partial charge in [0, 0.05) is 29.6 Å². The van der Waals surface area contributed by atoms with Gasteiger partial charge in [0.2, 0.25) is 0 Å². The summed E-state index contributed by atoms with van der Waals surface area (Å²) in [5.74, 6) is 1.14. The predicted molar refractivity (Wildman–Crippen MR) is 82.7 cm³/mol. The van der Waals surface area contributed by atoms with Crippen molar-refractivity contribution in [3.8, 4) is 0 Å². The van der Waals surface area contributed by atoms with Crippen molar-refractivity contribution in [2.24, 2.45) is 0 Å². The van der Waals surface area contributed by atoms with Gasteiger partial charge in [0.05, 0.1) is 5.69 Å². The first-order valence-electron chi connectivity index (χ1n) is 7.29. The lowest BCUT2D eigenvalue weighted by molar-refractivity contribution is 0.115. The van der Waals surface area contributed by atoms with E-state index in [2.05, 4.69) is 51.7 Å². The molecule has 1 aromatic heterocycles. The van der Waals surface area contributed by atoms with Crippen molar-refractivity contribution in [2.45, 2.75) is 45.2 Å². The monoisotopic (exact) mass is 323 g/mol. The molecule has 0 aliphatic carbocycles. The Hall–Kier alpha value is -0.610. The van der Waals surface area contributed by atoms with E-state index in [1.807, 2.05) is 0 Å². The molecule has 4 heteroatoms. The van der Waals surface area contributed by atoms with Crippen LogP contribution in [0.15, 0.2) is 16.6 Å². The third-order valence-corrected chi connectivity index (χ3v) is 5.33. The molecule has 2 fully saturated rings. The normalized spacial score (nSPS) is 28.3. The molecule has 3 heterocycles. The molecule has 19 heavy (non-hydrogen) atoms. The lowest BCUT2D eigenvalue weighted by Gasteiger charge is -2.48. The van der Waals surface area contributed by atoms with Crippen LogP contribution in [0.1, 0.15) is 31.9 Å². The largest absolute Gasteiger partial charge is 0.351 e.